The molecule has 0 aliphatic heterocycles. The van der Waals surface area contributed by atoms with Gasteiger partial charge >= 0.3 is 0 Å². The third-order valence-corrected chi connectivity index (χ3v) is 2.90. The Morgan fingerprint density at radius 3 is 2.80 bits per heavy atom. The molecule has 1 aromatic heterocycles. The SMILES string of the molecule is CC(C)CNCc1cnn(CCOc2ccccc2)c1. The van der Waals surface area contributed by atoms with Crippen LogP contribution in [0.1, 0.15) is 19.4 Å². The normalized spacial score (nSPS) is 10.9. The van der Waals surface area contributed by atoms with Crippen LogP contribution in [0.25, 0.3) is 0 Å². The van der Waals surface area contributed by atoms with Gasteiger partial charge in [-0.1, -0.05) is 32.0 Å². The van der Waals surface area contributed by atoms with Gasteiger partial charge in [0.25, 0.3) is 0 Å². The van der Waals surface area contributed by atoms with Crippen LogP contribution >= 0.6 is 0 Å². The van der Waals surface area contributed by atoms with Crippen molar-refractivity contribution < 1.29 is 4.74 Å². The van der Waals surface area contributed by atoms with Gasteiger partial charge in [0, 0.05) is 18.3 Å². The summed E-state index contributed by atoms with van der Waals surface area (Å²) in [5.74, 6) is 1.57. The molecule has 2 rings (SSSR count). The van der Waals surface area contributed by atoms with Gasteiger partial charge in [0.05, 0.1) is 12.7 Å². The molecule has 4 nitrogen and oxygen atoms in total. The largest absolute Gasteiger partial charge is 0.492 e. The average molecular weight is 273 g/mol. The van der Waals surface area contributed by atoms with Crippen molar-refractivity contribution in [1.82, 2.24) is 15.1 Å². The summed E-state index contributed by atoms with van der Waals surface area (Å²) < 4.78 is 7.58. The maximum absolute atomic E-state index is 5.66. The van der Waals surface area contributed by atoms with Gasteiger partial charge in [-0.25, -0.2) is 0 Å². The summed E-state index contributed by atoms with van der Waals surface area (Å²) in [6.07, 6.45) is 3.98. The lowest BCUT2D eigenvalue weighted by Gasteiger charge is -2.06. The molecule has 0 radical (unpaired) electrons. The molecule has 0 aliphatic carbocycles. The Bertz CT molecular complexity index is 493. The monoisotopic (exact) mass is 273 g/mol. The standard InChI is InChI=1S/C16H23N3O/c1-14(2)10-17-11-15-12-18-19(13-15)8-9-20-16-6-4-3-5-7-16/h3-7,12-14,17H,8-11H2,1-2H3. The first-order chi connectivity index (χ1) is 9.74. The van der Waals surface area contributed by atoms with Crippen LogP contribution in [0.3, 0.4) is 0 Å². The predicted octanol–water partition coefficient (Wildman–Crippen LogP) is 2.71. The van der Waals surface area contributed by atoms with Crippen molar-refractivity contribution in [2.75, 3.05) is 13.2 Å². The fraction of sp³-hybridized carbons (Fsp3) is 0.438. The van der Waals surface area contributed by atoms with Crippen LogP contribution in [0.2, 0.25) is 0 Å². The molecule has 1 heterocycles. The molecule has 0 spiro atoms. The first-order valence-electron chi connectivity index (χ1n) is 7.14. The number of ether oxygens (including phenoxy) is 1. The highest BCUT2D eigenvalue weighted by Gasteiger charge is 2.00. The van der Waals surface area contributed by atoms with Gasteiger partial charge < -0.3 is 10.1 Å². The average Bonchev–Trinajstić information content (AvgIpc) is 2.87. The van der Waals surface area contributed by atoms with E-state index in [0.29, 0.717) is 12.5 Å². The lowest BCUT2D eigenvalue weighted by molar-refractivity contribution is 0.291. The summed E-state index contributed by atoms with van der Waals surface area (Å²) in [7, 11) is 0. The molecule has 4 heteroatoms. The van der Waals surface area contributed by atoms with Crippen molar-refractivity contribution in [2.24, 2.45) is 5.92 Å². The second-order valence-corrected chi connectivity index (χ2v) is 5.30. The zero-order chi connectivity index (χ0) is 14.2. The van der Waals surface area contributed by atoms with E-state index < -0.39 is 0 Å². The zero-order valence-electron chi connectivity index (χ0n) is 12.2. The summed E-state index contributed by atoms with van der Waals surface area (Å²) in [4.78, 5) is 0. The Kier molecular flexibility index (Phi) is 5.62. The lowest BCUT2D eigenvalue weighted by atomic mass is 10.2. The van der Waals surface area contributed by atoms with E-state index in [1.54, 1.807) is 0 Å². The molecule has 1 aromatic carbocycles. The molecule has 0 saturated heterocycles. The highest BCUT2D eigenvalue weighted by Crippen LogP contribution is 2.08. The Morgan fingerprint density at radius 1 is 1.25 bits per heavy atom. The third kappa shape index (κ3) is 5.05. The van der Waals surface area contributed by atoms with Crippen LogP contribution in [-0.4, -0.2) is 22.9 Å². The Balaban J connectivity index is 1.70. The highest BCUT2D eigenvalue weighted by atomic mass is 16.5. The second kappa shape index (κ2) is 7.70. The van der Waals surface area contributed by atoms with E-state index in [1.807, 2.05) is 41.2 Å². The van der Waals surface area contributed by atoms with Gasteiger partial charge in [0.1, 0.15) is 12.4 Å². The minimum Gasteiger partial charge on any atom is -0.492 e. The molecule has 1 N–H and O–H groups in total. The number of nitrogens with one attached hydrogen (secondary N) is 1. The first-order valence-corrected chi connectivity index (χ1v) is 7.14. The molecular weight excluding hydrogens is 250 g/mol. The summed E-state index contributed by atoms with van der Waals surface area (Å²) in [5.41, 5.74) is 1.21. The minimum absolute atomic E-state index is 0.630. The predicted molar refractivity (Wildman–Crippen MR) is 80.7 cm³/mol. The van der Waals surface area contributed by atoms with Gasteiger partial charge in [0.15, 0.2) is 0 Å². The van der Waals surface area contributed by atoms with E-state index in [2.05, 4.69) is 30.5 Å². The maximum Gasteiger partial charge on any atom is 0.119 e. The lowest BCUT2D eigenvalue weighted by Crippen LogP contribution is -2.18. The highest BCUT2D eigenvalue weighted by molar-refractivity contribution is 5.20. The summed E-state index contributed by atoms with van der Waals surface area (Å²) >= 11 is 0. The molecule has 108 valence electrons. The molecule has 0 aliphatic rings. The van der Waals surface area contributed by atoms with E-state index in [0.717, 1.165) is 25.4 Å². The van der Waals surface area contributed by atoms with Crippen LogP contribution in [-0.2, 0) is 13.1 Å². The maximum atomic E-state index is 5.66. The smallest absolute Gasteiger partial charge is 0.119 e. The quantitative estimate of drug-likeness (QED) is 0.804. The molecule has 2 aromatic rings. The van der Waals surface area contributed by atoms with Gasteiger partial charge in [-0.2, -0.15) is 5.10 Å². The number of hydrogen-bond acceptors (Lipinski definition) is 3. The summed E-state index contributed by atoms with van der Waals surface area (Å²) in [5, 5.41) is 7.75. The van der Waals surface area contributed by atoms with Crippen LogP contribution in [0.5, 0.6) is 5.75 Å². The molecule has 0 bridgehead atoms. The molecular formula is C16H23N3O. The number of benzene rings is 1. The van der Waals surface area contributed by atoms with Crippen molar-refractivity contribution >= 4 is 0 Å². The van der Waals surface area contributed by atoms with E-state index in [1.165, 1.54) is 5.56 Å². The van der Waals surface area contributed by atoms with E-state index >= 15 is 0 Å². The van der Waals surface area contributed by atoms with Crippen LogP contribution in [0.4, 0.5) is 0 Å². The molecule has 0 fully saturated rings. The molecule has 0 amide bonds. The van der Waals surface area contributed by atoms with Crippen molar-refractivity contribution in [1.29, 1.82) is 0 Å². The van der Waals surface area contributed by atoms with Gasteiger partial charge in [-0.15, -0.1) is 0 Å². The van der Waals surface area contributed by atoms with Crippen molar-refractivity contribution in [3.63, 3.8) is 0 Å². The summed E-state index contributed by atoms with van der Waals surface area (Å²) in [6.45, 7) is 7.71. The molecule has 20 heavy (non-hydrogen) atoms. The van der Waals surface area contributed by atoms with Crippen LogP contribution in [0, 0.1) is 5.92 Å². The number of hydrogen-bond donors (Lipinski definition) is 1. The third-order valence-electron chi connectivity index (χ3n) is 2.90. The van der Waals surface area contributed by atoms with Crippen LogP contribution < -0.4 is 10.1 Å². The number of nitrogens with zero attached hydrogens (tertiary/aromatic N) is 2. The molecule has 0 saturated carbocycles. The van der Waals surface area contributed by atoms with Crippen molar-refractivity contribution in [3.8, 4) is 5.75 Å². The second-order valence-electron chi connectivity index (χ2n) is 5.30. The van der Waals surface area contributed by atoms with Crippen molar-refractivity contribution in [2.45, 2.75) is 26.9 Å². The van der Waals surface area contributed by atoms with E-state index in [-0.39, 0.29) is 0 Å². The minimum atomic E-state index is 0.630. The van der Waals surface area contributed by atoms with Crippen molar-refractivity contribution in [3.05, 3.63) is 48.3 Å². The van der Waals surface area contributed by atoms with E-state index in [4.69, 9.17) is 4.74 Å². The van der Waals surface area contributed by atoms with Gasteiger partial charge in [-0.3, -0.25) is 4.68 Å². The number of para-hydroxylation sites is 1. The number of aromatic nitrogens is 2. The fourth-order valence-electron chi connectivity index (χ4n) is 1.90. The first kappa shape index (κ1) is 14.6. The number of rotatable bonds is 8. The Hall–Kier alpha value is -1.81. The molecule has 0 atom stereocenters. The Labute approximate surface area is 120 Å². The van der Waals surface area contributed by atoms with E-state index in [9.17, 15) is 0 Å². The molecule has 0 unspecified atom stereocenters. The van der Waals surface area contributed by atoms with Gasteiger partial charge in [0.2, 0.25) is 0 Å². The zero-order valence-corrected chi connectivity index (χ0v) is 12.2. The van der Waals surface area contributed by atoms with Gasteiger partial charge in [-0.05, 0) is 24.6 Å². The summed E-state index contributed by atoms with van der Waals surface area (Å²) in [6, 6.07) is 9.86. The topological polar surface area (TPSA) is 39.1 Å². The fourth-order valence-corrected chi connectivity index (χ4v) is 1.90. The van der Waals surface area contributed by atoms with Crippen LogP contribution in [0.15, 0.2) is 42.7 Å². The Morgan fingerprint density at radius 2 is 2.05 bits per heavy atom.